The molecule has 0 fully saturated rings. The second-order valence-electron chi connectivity index (χ2n) is 4.59. The van der Waals surface area contributed by atoms with Gasteiger partial charge in [0.1, 0.15) is 0 Å². The van der Waals surface area contributed by atoms with Crippen LogP contribution in [0.5, 0.6) is 0 Å². The van der Waals surface area contributed by atoms with Gasteiger partial charge in [0.25, 0.3) is 0 Å². The van der Waals surface area contributed by atoms with Crippen LogP contribution in [0, 0.1) is 25.2 Å². The van der Waals surface area contributed by atoms with E-state index in [1.807, 2.05) is 31.2 Å². The summed E-state index contributed by atoms with van der Waals surface area (Å²) in [6, 6.07) is 10.1. The number of thiazole rings is 1. The van der Waals surface area contributed by atoms with Gasteiger partial charge in [0, 0.05) is 17.5 Å². The van der Waals surface area contributed by atoms with Crippen molar-refractivity contribution in [1.29, 1.82) is 5.26 Å². The molecule has 0 aliphatic rings. The molecule has 0 bridgehead atoms. The van der Waals surface area contributed by atoms with E-state index in [9.17, 15) is 0 Å². The highest BCUT2D eigenvalue weighted by molar-refractivity contribution is 7.11. The van der Waals surface area contributed by atoms with E-state index >= 15 is 0 Å². The zero-order valence-electron chi connectivity index (χ0n) is 11.4. The zero-order chi connectivity index (χ0) is 13.8. The van der Waals surface area contributed by atoms with Crippen molar-refractivity contribution in [2.45, 2.75) is 33.4 Å². The quantitative estimate of drug-likeness (QED) is 0.926. The molecule has 4 heteroatoms. The summed E-state index contributed by atoms with van der Waals surface area (Å²) in [5.74, 6) is 0. The van der Waals surface area contributed by atoms with Gasteiger partial charge in [-0.05, 0) is 38.5 Å². The molecule has 0 saturated heterocycles. The van der Waals surface area contributed by atoms with Crippen molar-refractivity contribution in [3.63, 3.8) is 0 Å². The molecular formula is C15H17N3S. The van der Waals surface area contributed by atoms with Crippen molar-refractivity contribution in [2.24, 2.45) is 0 Å². The van der Waals surface area contributed by atoms with Crippen molar-refractivity contribution < 1.29 is 0 Å². The van der Waals surface area contributed by atoms with Crippen LogP contribution in [0.2, 0.25) is 0 Å². The lowest BCUT2D eigenvalue weighted by Gasteiger charge is -2.12. The highest BCUT2D eigenvalue weighted by Gasteiger charge is 2.12. The Hall–Kier alpha value is -1.70. The van der Waals surface area contributed by atoms with Gasteiger partial charge in [-0.15, -0.1) is 11.3 Å². The highest BCUT2D eigenvalue weighted by atomic mass is 32.1. The normalized spacial score (nSPS) is 12.1. The van der Waals surface area contributed by atoms with Crippen LogP contribution in [0.4, 0.5) is 0 Å². The second-order valence-corrected chi connectivity index (χ2v) is 5.83. The minimum absolute atomic E-state index is 0.293. The van der Waals surface area contributed by atoms with Crippen LogP contribution in [0.1, 0.15) is 39.7 Å². The summed E-state index contributed by atoms with van der Waals surface area (Å²) in [5.41, 5.74) is 3.00. The summed E-state index contributed by atoms with van der Waals surface area (Å²) in [6.07, 6.45) is 0. The average molecular weight is 271 g/mol. The maximum absolute atomic E-state index is 8.76. The van der Waals surface area contributed by atoms with Crippen molar-refractivity contribution in [2.75, 3.05) is 0 Å². The van der Waals surface area contributed by atoms with Crippen molar-refractivity contribution in [3.05, 3.63) is 51.0 Å². The number of nitrogens with one attached hydrogen (secondary N) is 1. The van der Waals surface area contributed by atoms with E-state index in [4.69, 9.17) is 5.26 Å². The van der Waals surface area contributed by atoms with Crippen molar-refractivity contribution in [3.8, 4) is 6.07 Å². The van der Waals surface area contributed by atoms with Gasteiger partial charge in [0.2, 0.25) is 0 Å². The number of nitrogens with zero attached hydrogens (tertiary/aromatic N) is 2. The van der Waals surface area contributed by atoms with Gasteiger partial charge in [-0.25, -0.2) is 4.98 Å². The van der Waals surface area contributed by atoms with E-state index < -0.39 is 0 Å². The number of hydrogen-bond acceptors (Lipinski definition) is 4. The first-order valence-corrected chi connectivity index (χ1v) is 7.08. The fourth-order valence-corrected chi connectivity index (χ4v) is 2.96. The number of aromatic nitrogens is 1. The molecule has 0 spiro atoms. The molecule has 1 unspecified atom stereocenters. The minimum Gasteiger partial charge on any atom is -0.305 e. The van der Waals surface area contributed by atoms with Gasteiger partial charge in [0.15, 0.2) is 0 Å². The summed E-state index contributed by atoms with van der Waals surface area (Å²) < 4.78 is 0. The van der Waals surface area contributed by atoms with Crippen LogP contribution in [-0.4, -0.2) is 4.98 Å². The van der Waals surface area contributed by atoms with Gasteiger partial charge in [-0.3, -0.25) is 0 Å². The molecule has 1 atom stereocenters. The first kappa shape index (κ1) is 13.7. The molecule has 1 aromatic heterocycles. The molecular weight excluding hydrogens is 254 g/mol. The number of rotatable bonds is 4. The molecule has 1 heterocycles. The van der Waals surface area contributed by atoms with Crippen LogP contribution in [-0.2, 0) is 6.54 Å². The predicted octanol–water partition coefficient (Wildman–Crippen LogP) is 3.48. The molecule has 0 aliphatic heterocycles. The number of benzene rings is 1. The second kappa shape index (κ2) is 5.96. The predicted molar refractivity (Wildman–Crippen MR) is 78.0 cm³/mol. The summed E-state index contributed by atoms with van der Waals surface area (Å²) >= 11 is 1.75. The largest absolute Gasteiger partial charge is 0.305 e. The van der Waals surface area contributed by atoms with Gasteiger partial charge >= 0.3 is 0 Å². The number of nitriles is 1. The molecule has 98 valence electrons. The van der Waals surface area contributed by atoms with Crippen LogP contribution < -0.4 is 5.32 Å². The summed E-state index contributed by atoms with van der Waals surface area (Å²) in [7, 11) is 0. The van der Waals surface area contributed by atoms with Gasteiger partial charge in [0.05, 0.1) is 22.3 Å². The summed E-state index contributed by atoms with van der Waals surface area (Å²) in [4.78, 5) is 5.75. The highest BCUT2D eigenvalue weighted by Crippen LogP contribution is 2.24. The maximum Gasteiger partial charge on any atom is 0.0991 e. The van der Waals surface area contributed by atoms with Gasteiger partial charge in [-0.1, -0.05) is 12.1 Å². The Labute approximate surface area is 117 Å². The third kappa shape index (κ3) is 3.40. The fourth-order valence-electron chi connectivity index (χ4n) is 2.01. The van der Waals surface area contributed by atoms with Crippen molar-refractivity contribution in [1.82, 2.24) is 10.3 Å². The van der Waals surface area contributed by atoms with Crippen LogP contribution in [0.15, 0.2) is 24.3 Å². The van der Waals surface area contributed by atoms with Crippen LogP contribution in [0.25, 0.3) is 0 Å². The molecule has 0 radical (unpaired) electrons. The molecule has 2 aromatic rings. The molecule has 0 aliphatic carbocycles. The number of hydrogen-bond donors (Lipinski definition) is 1. The Kier molecular flexibility index (Phi) is 4.31. The molecule has 3 nitrogen and oxygen atoms in total. The molecule has 1 aromatic carbocycles. The van der Waals surface area contributed by atoms with Crippen LogP contribution in [0.3, 0.4) is 0 Å². The topological polar surface area (TPSA) is 48.7 Å². The Balaban J connectivity index is 1.98. The lowest BCUT2D eigenvalue weighted by Crippen LogP contribution is -2.17. The zero-order valence-corrected chi connectivity index (χ0v) is 12.2. The monoisotopic (exact) mass is 271 g/mol. The van der Waals surface area contributed by atoms with E-state index in [-0.39, 0.29) is 0 Å². The maximum atomic E-state index is 8.76. The number of aryl methyl sites for hydroxylation is 2. The third-order valence-electron chi connectivity index (χ3n) is 3.03. The Morgan fingerprint density at radius 1 is 1.32 bits per heavy atom. The SMILES string of the molecule is Cc1nc(C)c(C(C)NCc2ccc(C#N)cc2)s1. The Bertz CT molecular complexity index is 593. The molecule has 2 rings (SSSR count). The lowest BCUT2D eigenvalue weighted by molar-refractivity contribution is 0.579. The van der Waals surface area contributed by atoms with Crippen LogP contribution >= 0.6 is 11.3 Å². The molecule has 19 heavy (non-hydrogen) atoms. The fraction of sp³-hybridized carbons (Fsp3) is 0.333. The Morgan fingerprint density at radius 2 is 2.00 bits per heavy atom. The smallest absolute Gasteiger partial charge is 0.0991 e. The summed E-state index contributed by atoms with van der Waals surface area (Å²) in [5, 5.41) is 13.4. The molecule has 0 saturated carbocycles. The summed E-state index contributed by atoms with van der Waals surface area (Å²) in [6.45, 7) is 7.04. The molecule has 0 amide bonds. The minimum atomic E-state index is 0.293. The first-order chi connectivity index (χ1) is 9.10. The Morgan fingerprint density at radius 3 is 2.53 bits per heavy atom. The van der Waals surface area contributed by atoms with E-state index in [1.54, 1.807) is 11.3 Å². The first-order valence-electron chi connectivity index (χ1n) is 6.26. The van der Waals surface area contributed by atoms with Crippen molar-refractivity contribution >= 4 is 11.3 Å². The standard InChI is InChI=1S/C15H17N3S/c1-10(15-11(2)18-12(3)19-15)17-9-14-6-4-13(8-16)5-7-14/h4-7,10,17H,9H2,1-3H3. The van der Waals surface area contributed by atoms with Gasteiger partial charge < -0.3 is 5.32 Å². The van der Waals surface area contributed by atoms with E-state index in [1.165, 1.54) is 10.4 Å². The average Bonchev–Trinajstić information content (AvgIpc) is 2.75. The lowest BCUT2D eigenvalue weighted by atomic mass is 10.1. The van der Waals surface area contributed by atoms with E-state index in [0.29, 0.717) is 11.6 Å². The molecule has 1 N–H and O–H groups in total. The van der Waals surface area contributed by atoms with Gasteiger partial charge in [-0.2, -0.15) is 5.26 Å². The van der Waals surface area contributed by atoms with E-state index in [2.05, 4.69) is 30.2 Å². The van der Waals surface area contributed by atoms with E-state index in [0.717, 1.165) is 17.2 Å². The third-order valence-corrected chi connectivity index (χ3v) is 4.28.